The lowest BCUT2D eigenvalue weighted by Crippen LogP contribution is -2.52. The van der Waals surface area contributed by atoms with Crippen LogP contribution >= 0.6 is 0 Å². The van der Waals surface area contributed by atoms with Gasteiger partial charge in [-0.1, -0.05) is 0 Å². The molecule has 2 N–H and O–H groups in total. The molecule has 12 heavy (non-hydrogen) atoms. The van der Waals surface area contributed by atoms with Crippen LogP contribution in [0.4, 0.5) is 4.79 Å². The summed E-state index contributed by atoms with van der Waals surface area (Å²) in [7, 11) is 0. The quantitative estimate of drug-likeness (QED) is 0.576. The summed E-state index contributed by atoms with van der Waals surface area (Å²) < 4.78 is 5.02. The maximum absolute atomic E-state index is 10.6. The summed E-state index contributed by atoms with van der Waals surface area (Å²) in [5.41, 5.74) is -0.913. The van der Waals surface area contributed by atoms with E-state index in [4.69, 9.17) is 9.84 Å². The van der Waals surface area contributed by atoms with E-state index in [1.54, 1.807) is 0 Å². The minimum atomic E-state index is -1.16. The summed E-state index contributed by atoms with van der Waals surface area (Å²) in [5, 5.41) is 10.7. The third kappa shape index (κ3) is 1.94. The van der Waals surface area contributed by atoms with Gasteiger partial charge < -0.3 is 20.0 Å². The number of carbonyl (C=O) groups excluding carboxylic acids is 1. The number of hydrogen-bond acceptors (Lipinski definition) is 3. The Balaban J connectivity index is 2.59. The van der Waals surface area contributed by atoms with E-state index in [1.807, 2.05) is 0 Å². The molecular formula is C7H11NO4. The Morgan fingerprint density at radius 2 is 2.08 bits per heavy atom. The number of aldehydes is 1. The zero-order valence-corrected chi connectivity index (χ0v) is 6.58. The third-order valence-corrected chi connectivity index (χ3v) is 1.97. The van der Waals surface area contributed by atoms with Crippen LogP contribution in [0.15, 0.2) is 0 Å². The summed E-state index contributed by atoms with van der Waals surface area (Å²) in [6.45, 7) is 0.859. The predicted molar refractivity (Wildman–Crippen MR) is 40.0 cm³/mol. The van der Waals surface area contributed by atoms with Crippen molar-refractivity contribution in [3.63, 3.8) is 0 Å². The van der Waals surface area contributed by atoms with Gasteiger partial charge in [0.05, 0.1) is 0 Å². The smallest absolute Gasteiger partial charge is 0.405 e. The molecule has 1 rings (SSSR count). The fourth-order valence-corrected chi connectivity index (χ4v) is 1.22. The van der Waals surface area contributed by atoms with Crippen molar-refractivity contribution < 1.29 is 19.4 Å². The highest BCUT2D eigenvalue weighted by atomic mass is 16.5. The molecule has 1 saturated heterocycles. The highest BCUT2D eigenvalue weighted by molar-refractivity contribution is 5.75. The average molecular weight is 173 g/mol. The maximum Gasteiger partial charge on any atom is 0.405 e. The molecule has 0 atom stereocenters. The van der Waals surface area contributed by atoms with Crippen LogP contribution in [0.1, 0.15) is 12.8 Å². The first kappa shape index (κ1) is 8.99. The second-order valence-electron chi connectivity index (χ2n) is 2.82. The van der Waals surface area contributed by atoms with Crippen LogP contribution in [-0.2, 0) is 9.53 Å². The highest BCUT2D eigenvalue weighted by Crippen LogP contribution is 2.17. The molecule has 1 aliphatic rings. The molecule has 0 aromatic rings. The molecule has 0 unspecified atom stereocenters. The van der Waals surface area contributed by atoms with Crippen LogP contribution in [0, 0.1) is 0 Å². The van der Waals surface area contributed by atoms with Crippen LogP contribution in [0.2, 0.25) is 0 Å². The van der Waals surface area contributed by atoms with Crippen LogP contribution in [0.5, 0.6) is 0 Å². The van der Waals surface area contributed by atoms with Crippen LogP contribution in [-0.4, -0.2) is 36.2 Å². The van der Waals surface area contributed by atoms with Gasteiger partial charge in [-0.15, -0.1) is 0 Å². The Hall–Kier alpha value is -1.10. The van der Waals surface area contributed by atoms with Crippen molar-refractivity contribution in [1.82, 2.24) is 5.32 Å². The van der Waals surface area contributed by atoms with E-state index in [9.17, 15) is 9.59 Å². The van der Waals surface area contributed by atoms with Crippen LogP contribution < -0.4 is 5.32 Å². The number of amides is 1. The Bertz CT molecular complexity index is 186. The van der Waals surface area contributed by atoms with E-state index in [-0.39, 0.29) is 0 Å². The number of carboxylic acid groups (broad SMARTS) is 1. The van der Waals surface area contributed by atoms with Gasteiger partial charge in [0.25, 0.3) is 0 Å². The minimum Gasteiger partial charge on any atom is -0.465 e. The summed E-state index contributed by atoms with van der Waals surface area (Å²) in [6, 6.07) is 0. The maximum atomic E-state index is 10.6. The van der Waals surface area contributed by atoms with Gasteiger partial charge in [0.1, 0.15) is 11.8 Å². The molecule has 1 heterocycles. The van der Waals surface area contributed by atoms with Gasteiger partial charge in [-0.05, 0) is 0 Å². The van der Waals surface area contributed by atoms with E-state index in [1.165, 1.54) is 0 Å². The second kappa shape index (κ2) is 3.53. The summed E-state index contributed by atoms with van der Waals surface area (Å²) in [5.74, 6) is 0. The first-order valence-electron chi connectivity index (χ1n) is 3.74. The molecule has 5 nitrogen and oxygen atoms in total. The van der Waals surface area contributed by atoms with Gasteiger partial charge in [-0.2, -0.15) is 0 Å². The lowest BCUT2D eigenvalue weighted by Gasteiger charge is -2.31. The molecule has 0 radical (unpaired) electrons. The molecule has 0 saturated carbocycles. The molecule has 0 bridgehead atoms. The molecule has 1 amide bonds. The van der Waals surface area contributed by atoms with E-state index in [2.05, 4.69) is 5.32 Å². The molecule has 0 aromatic carbocycles. The Kier molecular flexibility index (Phi) is 2.65. The fraction of sp³-hybridized carbons (Fsp3) is 0.714. The fourth-order valence-electron chi connectivity index (χ4n) is 1.22. The van der Waals surface area contributed by atoms with Crippen molar-refractivity contribution in [3.05, 3.63) is 0 Å². The standard InChI is InChI=1S/C7H11NO4/c9-5-7(8-6(10)11)1-3-12-4-2-7/h5,8H,1-4H2,(H,10,11). The van der Waals surface area contributed by atoms with Gasteiger partial charge in [-0.3, -0.25) is 0 Å². The zero-order chi connectivity index (χ0) is 9.03. The molecule has 0 spiro atoms. The summed E-state index contributed by atoms with van der Waals surface area (Å²) in [6.07, 6.45) is 0.332. The van der Waals surface area contributed by atoms with E-state index in [0.717, 1.165) is 0 Å². The minimum absolute atomic E-state index is 0.419. The van der Waals surface area contributed by atoms with Gasteiger partial charge in [0.2, 0.25) is 0 Å². The van der Waals surface area contributed by atoms with Gasteiger partial charge >= 0.3 is 6.09 Å². The van der Waals surface area contributed by atoms with Crippen molar-refractivity contribution in [1.29, 1.82) is 0 Å². The number of carbonyl (C=O) groups is 2. The topological polar surface area (TPSA) is 75.6 Å². The molecule has 1 fully saturated rings. The number of rotatable bonds is 2. The third-order valence-electron chi connectivity index (χ3n) is 1.97. The largest absolute Gasteiger partial charge is 0.465 e. The van der Waals surface area contributed by atoms with Gasteiger partial charge in [-0.25, -0.2) is 4.79 Å². The molecule has 68 valence electrons. The summed E-state index contributed by atoms with van der Waals surface area (Å²) >= 11 is 0. The molecule has 0 aliphatic carbocycles. The van der Waals surface area contributed by atoms with Crippen molar-refractivity contribution in [2.75, 3.05) is 13.2 Å². The Morgan fingerprint density at radius 3 is 2.50 bits per heavy atom. The summed E-state index contributed by atoms with van der Waals surface area (Å²) in [4.78, 5) is 21.0. The van der Waals surface area contributed by atoms with Crippen molar-refractivity contribution in [2.24, 2.45) is 0 Å². The zero-order valence-electron chi connectivity index (χ0n) is 6.58. The highest BCUT2D eigenvalue weighted by Gasteiger charge is 2.33. The molecule has 0 aromatic heterocycles. The monoisotopic (exact) mass is 173 g/mol. The van der Waals surface area contributed by atoms with Gasteiger partial charge in [0, 0.05) is 26.1 Å². The normalized spacial score (nSPS) is 21.3. The molecule has 1 aliphatic heterocycles. The van der Waals surface area contributed by atoms with Crippen LogP contribution in [0.3, 0.4) is 0 Å². The van der Waals surface area contributed by atoms with E-state index >= 15 is 0 Å². The van der Waals surface area contributed by atoms with Crippen molar-refractivity contribution in [2.45, 2.75) is 18.4 Å². The Labute approximate surface area is 69.7 Å². The van der Waals surface area contributed by atoms with Gasteiger partial charge in [0.15, 0.2) is 0 Å². The lowest BCUT2D eigenvalue weighted by molar-refractivity contribution is -0.116. The van der Waals surface area contributed by atoms with Crippen molar-refractivity contribution >= 4 is 12.4 Å². The van der Waals surface area contributed by atoms with Crippen molar-refractivity contribution in [3.8, 4) is 0 Å². The molecule has 5 heteroatoms. The average Bonchev–Trinajstić information content (AvgIpc) is 2.05. The van der Waals surface area contributed by atoms with Crippen LogP contribution in [0.25, 0.3) is 0 Å². The Morgan fingerprint density at radius 1 is 1.50 bits per heavy atom. The van der Waals surface area contributed by atoms with E-state index < -0.39 is 11.6 Å². The predicted octanol–water partition coefficient (Wildman–Crippen LogP) is 0.00210. The first-order chi connectivity index (χ1) is 5.68. The number of nitrogens with one attached hydrogen (secondary N) is 1. The molecular weight excluding hydrogens is 162 g/mol. The SMILES string of the molecule is O=CC1(NC(=O)O)CCOCC1. The van der Waals surface area contributed by atoms with E-state index in [0.29, 0.717) is 32.3 Å². The number of ether oxygens (including phenoxy) is 1. The lowest BCUT2D eigenvalue weighted by atomic mass is 9.92. The second-order valence-corrected chi connectivity index (χ2v) is 2.82. The number of hydrogen-bond donors (Lipinski definition) is 2. The first-order valence-corrected chi connectivity index (χ1v) is 3.74.